The Labute approximate surface area is 126 Å². The van der Waals surface area contributed by atoms with E-state index in [0.717, 1.165) is 0 Å². The number of fused-ring (bicyclic) bond motifs is 1. The second-order valence-electron chi connectivity index (χ2n) is 4.45. The summed E-state index contributed by atoms with van der Waals surface area (Å²) < 4.78 is 27.0. The molecule has 0 fully saturated rings. The number of para-hydroxylation sites is 2. The molecule has 1 aliphatic heterocycles. The van der Waals surface area contributed by atoms with Crippen LogP contribution in [0.15, 0.2) is 41.5 Å². The van der Waals surface area contributed by atoms with E-state index in [9.17, 15) is 8.42 Å². The monoisotopic (exact) mass is 322 g/mol. The number of aromatic nitrogens is 2. The molecule has 1 unspecified atom stereocenters. The molecule has 1 aromatic carbocycles. The van der Waals surface area contributed by atoms with E-state index >= 15 is 0 Å². The quantitative estimate of drug-likeness (QED) is 0.940. The smallest absolute Gasteiger partial charge is 0.240 e. The van der Waals surface area contributed by atoms with Gasteiger partial charge in [0.05, 0.1) is 11.0 Å². The minimum atomic E-state index is -3.64. The van der Waals surface area contributed by atoms with E-state index < -0.39 is 15.3 Å². The van der Waals surface area contributed by atoms with Crippen molar-refractivity contribution in [1.82, 2.24) is 9.97 Å². The van der Waals surface area contributed by atoms with Gasteiger partial charge in [0.1, 0.15) is 5.25 Å². The van der Waals surface area contributed by atoms with Crippen molar-refractivity contribution in [2.24, 2.45) is 4.99 Å². The van der Waals surface area contributed by atoms with E-state index in [2.05, 4.69) is 19.7 Å². The molecule has 1 aromatic heterocycles. The fourth-order valence-electron chi connectivity index (χ4n) is 1.93. The van der Waals surface area contributed by atoms with E-state index in [1.54, 1.807) is 24.4 Å². The number of sulfonamides is 1. The van der Waals surface area contributed by atoms with E-state index in [0.29, 0.717) is 17.5 Å². The SMILES string of the molecule is O=S(=O)(Nc1nc2ccccc2nc1Cl)C1C=CN=CC1. The van der Waals surface area contributed by atoms with Crippen molar-refractivity contribution >= 4 is 44.7 Å². The highest BCUT2D eigenvalue weighted by molar-refractivity contribution is 7.93. The Hall–Kier alpha value is -1.99. The predicted octanol–water partition coefficient (Wildman–Crippen LogP) is 2.38. The summed E-state index contributed by atoms with van der Waals surface area (Å²) in [4.78, 5) is 12.2. The van der Waals surface area contributed by atoms with Crippen LogP contribution in [0.2, 0.25) is 5.15 Å². The zero-order valence-electron chi connectivity index (χ0n) is 10.8. The van der Waals surface area contributed by atoms with Crippen LogP contribution in [-0.4, -0.2) is 29.9 Å². The maximum atomic E-state index is 12.3. The molecule has 0 saturated heterocycles. The summed E-state index contributed by atoms with van der Waals surface area (Å²) in [6, 6.07) is 7.10. The zero-order chi connectivity index (χ0) is 14.9. The highest BCUT2D eigenvalue weighted by Crippen LogP contribution is 2.23. The van der Waals surface area contributed by atoms with Crippen LogP contribution in [0.4, 0.5) is 5.82 Å². The van der Waals surface area contributed by atoms with Crippen LogP contribution >= 0.6 is 11.6 Å². The molecule has 0 radical (unpaired) electrons. The van der Waals surface area contributed by atoms with Gasteiger partial charge in [-0.3, -0.25) is 9.71 Å². The second-order valence-corrected chi connectivity index (χ2v) is 6.70. The van der Waals surface area contributed by atoms with E-state index in [-0.39, 0.29) is 11.0 Å². The zero-order valence-corrected chi connectivity index (χ0v) is 12.3. The number of benzene rings is 1. The van der Waals surface area contributed by atoms with Gasteiger partial charge in [-0.05, 0) is 18.2 Å². The minimum Gasteiger partial charge on any atom is -0.269 e. The molecule has 108 valence electrons. The average Bonchev–Trinajstić information content (AvgIpc) is 2.49. The predicted molar refractivity (Wildman–Crippen MR) is 83.1 cm³/mol. The molecule has 0 amide bonds. The first-order valence-corrected chi connectivity index (χ1v) is 8.11. The van der Waals surface area contributed by atoms with Crippen molar-refractivity contribution in [2.45, 2.75) is 11.7 Å². The Morgan fingerprint density at radius 3 is 2.57 bits per heavy atom. The standard InChI is InChI=1S/C13H11ClN4O2S/c14-12-13(17-11-4-2-1-3-10(11)16-12)18-21(19,20)9-5-7-15-8-6-9/h1-5,7-9H,6H2,(H,17,18). The lowest BCUT2D eigenvalue weighted by atomic mass is 10.3. The van der Waals surface area contributed by atoms with Crippen molar-refractivity contribution < 1.29 is 8.42 Å². The average molecular weight is 323 g/mol. The van der Waals surface area contributed by atoms with Gasteiger partial charge in [-0.1, -0.05) is 23.7 Å². The lowest BCUT2D eigenvalue weighted by molar-refractivity contribution is 0.594. The Bertz CT molecular complexity index is 848. The largest absolute Gasteiger partial charge is 0.269 e. The van der Waals surface area contributed by atoms with Crippen LogP contribution in [0, 0.1) is 0 Å². The van der Waals surface area contributed by atoms with Crippen LogP contribution < -0.4 is 4.72 Å². The molecular formula is C13H11ClN4O2S. The molecule has 1 atom stereocenters. The number of hydrogen-bond acceptors (Lipinski definition) is 5. The Morgan fingerprint density at radius 1 is 1.19 bits per heavy atom. The molecule has 0 saturated carbocycles. The minimum absolute atomic E-state index is 0.0192. The van der Waals surface area contributed by atoms with Gasteiger partial charge in [0.25, 0.3) is 0 Å². The Balaban J connectivity index is 1.95. The lowest BCUT2D eigenvalue weighted by Crippen LogP contribution is -2.28. The molecular weight excluding hydrogens is 312 g/mol. The van der Waals surface area contributed by atoms with Gasteiger partial charge in [0, 0.05) is 18.8 Å². The normalized spacial score (nSPS) is 18.0. The summed E-state index contributed by atoms with van der Waals surface area (Å²) in [5.74, 6) is 0.0336. The number of nitrogens with zero attached hydrogens (tertiary/aromatic N) is 3. The van der Waals surface area contributed by atoms with Crippen LogP contribution in [-0.2, 0) is 10.0 Å². The molecule has 3 rings (SSSR count). The molecule has 0 aliphatic carbocycles. The molecule has 0 spiro atoms. The summed E-state index contributed by atoms with van der Waals surface area (Å²) in [6.45, 7) is 0. The van der Waals surface area contributed by atoms with Crippen LogP contribution in [0.3, 0.4) is 0 Å². The third-order valence-electron chi connectivity index (χ3n) is 3.00. The Kier molecular flexibility index (Phi) is 3.60. The topological polar surface area (TPSA) is 84.3 Å². The van der Waals surface area contributed by atoms with Gasteiger partial charge < -0.3 is 0 Å². The van der Waals surface area contributed by atoms with Gasteiger partial charge in [0.15, 0.2) is 11.0 Å². The fraction of sp³-hybridized carbons (Fsp3) is 0.154. The highest BCUT2D eigenvalue weighted by atomic mass is 35.5. The third kappa shape index (κ3) is 2.88. The maximum absolute atomic E-state index is 12.3. The second kappa shape index (κ2) is 5.42. The summed E-state index contributed by atoms with van der Waals surface area (Å²) in [5, 5.41) is -0.676. The number of aliphatic imine (C=N–C) groups is 1. The van der Waals surface area contributed by atoms with Crippen LogP contribution in [0.25, 0.3) is 11.0 Å². The molecule has 21 heavy (non-hydrogen) atoms. The van der Waals surface area contributed by atoms with E-state index in [1.165, 1.54) is 12.3 Å². The van der Waals surface area contributed by atoms with Gasteiger partial charge >= 0.3 is 0 Å². The summed E-state index contributed by atoms with van der Waals surface area (Å²) in [5.41, 5.74) is 1.18. The molecule has 1 N–H and O–H groups in total. The number of anilines is 1. The van der Waals surface area contributed by atoms with Crippen molar-refractivity contribution in [1.29, 1.82) is 0 Å². The van der Waals surface area contributed by atoms with Gasteiger partial charge in [-0.2, -0.15) is 0 Å². The first-order valence-electron chi connectivity index (χ1n) is 6.18. The van der Waals surface area contributed by atoms with Gasteiger partial charge in [-0.25, -0.2) is 18.4 Å². The van der Waals surface area contributed by atoms with E-state index in [4.69, 9.17) is 11.6 Å². The van der Waals surface area contributed by atoms with Crippen molar-refractivity contribution in [3.05, 3.63) is 41.7 Å². The number of halogens is 1. The first-order chi connectivity index (χ1) is 10.1. The fourth-order valence-corrected chi connectivity index (χ4v) is 3.35. The Morgan fingerprint density at radius 2 is 1.90 bits per heavy atom. The van der Waals surface area contributed by atoms with Crippen molar-refractivity contribution in [3.63, 3.8) is 0 Å². The summed E-state index contributed by atoms with van der Waals surface area (Å²) in [6.07, 6.45) is 4.84. The molecule has 2 aromatic rings. The van der Waals surface area contributed by atoms with Crippen molar-refractivity contribution in [3.8, 4) is 0 Å². The number of nitrogens with one attached hydrogen (secondary N) is 1. The van der Waals surface area contributed by atoms with Gasteiger partial charge in [0.2, 0.25) is 10.0 Å². The third-order valence-corrected chi connectivity index (χ3v) is 4.88. The molecule has 8 heteroatoms. The van der Waals surface area contributed by atoms with E-state index in [1.807, 2.05) is 6.07 Å². The summed E-state index contributed by atoms with van der Waals surface area (Å²) >= 11 is 6.00. The molecule has 0 bridgehead atoms. The molecule has 6 nitrogen and oxygen atoms in total. The number of hydrogen-bond donors (Lipinski definition) is 1. The van der Waals surface area contributed by atoms with Gasteiger partial charge in [-0.15, -0.1) is 0 Å². The maximum Gasteiger partial charge on any atom is 0.240 e. The van der Waals surface area contributed by atoms with Crippen molar-refractivity contribution in [2.75, 3.05) is 4.72 Å². The number of rotatable bonds is 3. The highest BCUT2D eigenvalue weighted by Gasteiger charge is 2.25. The molecule has 2 heterocycles. The lowest BCUT2D eigenvalue weighted by Gasteiger charge is -2.15. The summed E-state index contributed by atoms with van der Waals surface area (Å²) in [7, 11) is -3.64. The first kappa shape index (κ1) is 14.0. The van der Waals surface area contributed by atoms with Crippen LogP contribution in [0.1, 0.15) is 6.42 Å². The molecule has 1 aliphatic rings. The van der Waals surface area contributed by atoms with Crippen LogP contribution in [0.5, 0.6) is 0 Å².